The summed E-state index contributed by atoms with van der Waals surface area (Å²) in [5, 5.41) is 16.5. The van der Waals surface area contributed by atoms with Gasteiger partial charge in [0.05, 0.1) is 18.3 Å². The van der Waals surface area contributed by atoms with Crippen LogP contribution in [0.2, 0.25) is 0 Å². The van der Waals surface area contributed by atoms with E-state index in [-0.39, 0.29) is 12.6 Å². The van der Waals surface area contributed by atoms with Crippen LogP contribution in [0.5, 0.6) is 0 Å². The molecule has 0 aliphatic heterocycles. The fraction of sp³-hybridized carbons (Fsp3) is 0.667. The van der Waals surface area contributed by atoms with Crippen molar-refractivity contribution < 1.29 is 5.11 Å². The van der Waals surface area contributed by atoms with E-state index in [0.717, 1.165) is 17.7 Å². The van der Waals surface area contributed by atoms with Crippen LogP contribution in [0.1, 0.15) is 24.2 Å². The van der Waals surface area contributed by atoms with Crippen LogP contribution >= 0.6 is 0 Å². The van der Waals surface area contributed by atoms with Gasteiger partial charge in [-0.1, -0.05) is 6.92 Å². The average molecular weight is 183 g/mol. The largest absolute Gasteiger partial charge is 0.394 e. The van der Waals surface area contributed by atoms with Crippen molar-refractivity contribution in [2.45, 2.75) is 19.4 Å². The van der Waals surface area contributed by atoms with Crippen LogP contribution in [0.15, 0.2) is 6.20 Å². The lowest BCUT2D eigenvalue weighted by Gasteiger charge is -2.11. The first-order chi connectivity index (χ1) is 6.22. The summed E-state index contributed by atoms with van der Waals surface area (Å²) >= 11 is 0. The lowest BCUT2D eigenvalue weighted by Crippen LogP contribution is -2.20. The highest BCUT2D eigenvalue weighted by molar-refractivity contribution is 5.21. The Balaban J connectivity index is 2.96. The Kier molecular flexibility index (Phi) is 3.45. The van der Waals surface area contributed by atoms with Crippen LogP contribution in [-0.4, -0.2) is 28.5 Å². The maximum absolute atomic E-state index is 9.11. The molecule has 13 heavy (non-hydrogen) atoms. The van der Waals surface area contributed by atoms with Crippen LogP contribution in [0, 0.1) is 0 Å². The zero-order valence-corrected chi connectivity index (χ0v) is 8.41. The quantitative estimate of drug-likeness (QED) is 0.703. The number of aliphatic hydroxyl groups is 1. The first-order valence-electron chi connectivity index (χ1n) is 4.53. The van der Waals surface area contributed by atoms with Gasteiger partial charge in [0, 0.05) is 18.8 Å². The van der Waals surface area contributed by atoms with Gasteiger partial charge in [-0.25, -0.2) is 0 Å². The Morgan fingerprint density at radius 1 is 1.69 bits per heavy atom. The maximum atomic E-state index is 9.11. The summed E-state index contributed by atoms with van der Waals surface area (Å²) in [6.45, 7) is 2.17. The molecule has 0 bridgehead atoms. The third-order valence-corrected chi connectivity index (χ3v) is 2.18. The highest BCUT2D eigenvalue weighted by Gasteiger charge is 2.14. The molecular weight excluding hydrogens is 166 g/mol. The van der Waals surface area contributed by atoms with Gasteiger partial charge in [-0.2, -0.15) is 5.10 Å². The van der Waals surface area contributed by atoms with Gasteiger partial charge in [0.1, 0.15) is 0 Å². The van der Waals surface area contributed by atoms with Crippen molar-refractivity contribution >= 4 is 0 Å². The van der Waals surface area contributed by atoms with Gasteiger partial charge in [0.25, 0.3) is 0 Å². The number of nitrogens with one attached hydrogen (secondary N) is 1. The van der Waals surface area contributed by atoms with E-state index in [4.69, 9.17) is 5.11 Å². The van der Waals surface area contributed by atoms with Crippen LogP contribution < -0.4 is 5.32 Å². The third kappa shape index (κ3) is 2.08. The molecule has 0 fully saturated rings. The van der Waals surface area contributed by atoms with Gasteiger partial charge >= 0.3 is 0 Å². The lowest BCUT2D eigenvalue weighted by atomic mass is 10.1. The van der Waals surface area contributed by atoms with Crippen LogP contribution in [0.3, 0.4) is 0 Å². The van der Waals surface area contributed by atoms with E-state index in [2.05, 4.69) is 17.3 Å². The summed E-state index contributed by atoms with van der Waals surface area (Å²) in [6, 6.07) is 0.00338. The molecule has 0 aliphatic rings. The number of nitrogens with zero attached hydrogens (tertiary/aromatic N) is 2. The Bertz CT molecular complexity index is 266. The Labute approximate surface area is 78.6 Å². The summed E-state index contributed by atoms with van der Waals surface area (Å²) < 4.78 is 1.79. The number of hydrogen-bond donors (Lipinski definition) is 2. The van der Waals surface area contributed by atoms with E-state index in [9.17, 15) is 0 Å². The topological polar surface area (TPSA) is 50.1 Å². The first-order valence-corrected chi connectivity index (χ1v) is 4.53. The van der Waals surface area contributed by atoms with Crippen molar-refractivity contribution in [3.63, 3.8) is 0 Å². The smallest absolute Gasteiger partial charge is 0.0670 e. The van der Waals surface area contributed by atoms with Crippen molar-refractivity contribution in [3.05, 3.63) is 17.5 Å². The Morgan fingerprint density at radius 3 is 2.85 bits per heavy atom. The molecule has 0 spiro atoms. The van der Waals surface area contributed by atoms with Crippen LogP contribution in [0.4, 0.5) is 0 Å². The van der Waals surface area contributed by atoms with E-state index < -0.39 is 0 Å². The summed E-state index contributed by atoms with van der Waals surface area (Å²) in [5.74, 6) is 0. The second kappa shape index (κ2) is 4.39. The molecular formula is C9H17N3O. The molecule has 1 atom stereocenters. The predicted molar refractivity (Wildman–Crippen MR) is 51.5 cm³/mol. The normalized spacial score (nSPS) is 13.2. The van der Waals surface area contributed by atoms with E-state index in [0.29, 0.717) is 0 Å². The fourth-order valence-corrected chi connectivity index (χ4v) is 1.46. The molecule has 0 saturated heterocycles. The molecule has 4 heteroatoms. The summed E-state index contributed by atoms with van der Waals surface area (Å²) in [5.41, 5.74) is 2.14. The fourth-order valence-electron chi connectivity index (χ4n) is 1.46. The lowest BCUT2D eigenvalue weighted by molar-refractivity contribution is 0.250. The Morgan fingerprint density at radius 2 is 2.38 bits per heavy atom. The standard InChI is InChI=1S/C9H17N3O/c1-4-8-7(5-12(3)11-8)9(6-13)10-2/h5,9-10,13H,4,6H2,1-3H3. The van der Waals surface area contributed by atoms with Crippen molar-refractivity contribution in [1.29, 1.82) is 0 Å². The van der Waals surface area contributed by atoms with Crippen molar-refractivity contribution in [2.75, 3.05) is 13.7 Å². The van der Waals surface area contributed by atoms with E-state index >= 15 is 0 Å². The highest BCUT2D eigenvalue weighted by Crippen LogP contribution is 2.16. The number of aryl methyl sites for hydroxylation is 2. The number of aromatic nitrogens is 2. The molecule has 0 saturated carbocycles. The van der Waals surface area contributed by atoms with E-state index in [1.807, 2.05) is 20.3 Å². The summed E-state index contributed by atoms with van der Waals surface area (Å²) in [7, 11) is 3.74. The minimum atomic E-state index is 0.00338. The monoisotopic (exact) mass is 183 g/mol. The molecule has 0 radical (unpaired) electrons. The van der Waals surface area contributed by atoms with E-state index in [1.165, 1.54) is 0 Å². The minimum absolute atomic E-state index is 0.00338. The van der Waals surface area contributed by atoms with Crippen molar-refractivity contribution in [1.82, 2.24) is 15.1 Å². The molecule has 0 aliphatic carbocycles. The van der Waals surface area contributed by atoms with Crippen molar-refractivity contribution in [2.24, 2.45) is 7.05 Å². The van der Waals surface area contributed by atoms with Gasteiger partial charge in [-0.15, -0.1) is 0 Å². The molecule has 0 amide bonds. The van der Waals surface area contributed by atoms with Gasteiger partial charge < -0.3 is 10.4 Å². The van der Waals surface area contributed by atoms with Gasteiger partial charge in [0.2, 0.25) is 0 Å². The molecule has 74 valence electrons. The molecule has 1 aromatic rings. The second-order valence-electron chi connectivity index (χ2n) is 3.08. The summed E-state index contributed by atoms with van der Waals surface area (Å²) in [6.07, 6.45) is 2.85. The SMILES string of the molecule is CCc1nn(C)cc1C(CO)NC. The molecule has 1 unspecified atom stereocenters. The molecule has 0 aromatic carbocycles. The predicted octanol–water partition coefficient (Wildman–Crippen LogP) is 0.235. The second-order valence-corrected chi connectivity index (χ2v) is 3.08. The first kappa shape index (κ1) is 10.2. The summed E-state index contributed by atoms with van der Waals surface area (Å²) in [4.78, 5) is 0. The molecule has 2 N–H and O–H groups in total. The van der Waals surface area contributed by atoms with Crippen molar-refractivity contribution in [3.8, 4) is 0 Å². The maximum Gasteiger partial charge on any atom is 0.0670 e. The van der Waals surface area contributed by atoms with Gasteiger partial charge in [0.15, 0.2) is 0 Å². The zero-order chi connectivity index (χ0) is 9.84. The number of hydrogen-bond acceptors (Lipinski definition) is 3. The van der Waals surface area contributed by atoms with E-state index in [1.54, 1.807) is 4.68 Å². The molecule has 4 nitrogen and oxygen atoms in total. The molecule has 1 aromatic heterocycles. The number of rotatable bonds is 4. The molecule has 1 heterocycles. The Hall–Kier alpha value is -0.870. The van der Waals surface area contributed by atoms with Crippen LogP contribution in [-0.2, 0) is 13.5 Å². The zero-order valence-electron chi connectivity index (χ0n) is 8.41. The average Bonchev–Trinajstić information content (AvgIpc) is 2.49. The molecule has 1 rings (SSSR count). The van der Waals surface area contributed by atoms with Gasteiger partial charge in [-0.05, 0) is 13.5 Å². The van der Waals surface area contributed by atoms with Gasteiger partial charge in [-0.3, -0.25) is 4.68 Å². The number of likely N-dealkylation sites (N-methyl/N-ethyl adjacent to an activating group) is 1. The third-order valence-electron chi connectivity index (χ3n) is 2.18. The minimum Gasteiger partial charge on any atom is -0.394 e. The van der Waals surface area contributed by atoms with Crippen LogP contribution in [0.25, 0.3) is 0 Å². The number of aliphatic hydroxyl groups excluding tert-OH is 1. The highest BCUT2D eigenvalue weighted by atomic mass is 16.3.